The molecule has 0 aliphatic heterocycles. The van der Waals surface area contributed by atoms with E-state index in [1.54, 1.807) is 0 Å². The second-order valence-electron chi connectivity index (χ2n) is 5.78. The molecule has 1 amide bonds. The van der Waals surface area contributed by atoms with Crippen LogP contribution in [0.4, 0.5) is 0 Å². The second kappa shape index (κ2) is 5.67. The molecular weight excluding hydrogens is 200 g/mol. The lowest BCUT2D eigenvalue weighted by atomic mass is 10.1. The molecule has 1 fully saturated rings. The van der Waals surface area contributed by atoms with Crippen molar-refractivity contribution in [1.29, 1.82) is 0 Å². The lowest BCUT2D eigenvalue weighted by Gasteiger charge is -2.13. The zero-order valence-corrected chi connectivity index (χ0v) is 11.1. The number of carbonyl (C=O) groups is 1. The molecule has 0 spiro atoms. The number of nitrogens with one attached hydrogen (secondary N) is 2. The van der Waals surface area contributed by atoms with E-state index in [1.165, 1.54) is 6.42 Å². The molecule has 2 N–H and O–H groups in total. The summed E-state index contributed by atoms with van der Waals surface area (Å²) in [5, 5.41) is 6.23. The summed E-state index contributed by atoms with van der Waals surface area (Å²) in [6, 6.07) is 0.302. The standard InChI is InChI=1S/C13H26N2O/c1-5-6-10(2)15-12(16)9-14-8-11-7-13(11,3)4/h10-11,14H,5-9H2,1-4H3,(H,15,16). The average molecular weight is 226 g/mol. The van der Waals surface area contributed by atoms with Gasteiger partial charge in [-0.1, -0.05) is 27.2 Å². The largest absolute Gasteiger partial charge is 0.353 e. The first-order chi connectivity index (χ1) is 7.45. The fourth-order valence-corrected chi connectivity index (χ4v) is 2.12. The molecule has 2 unspecified atom stereocenters. The van der Waals surface area contributed by atoms with E-state index < -0.39 is 0 Å². The summed E-state index contributed by atoms with van der Waals surface area (Å²) in [5.74, 6) is 0.882. The Kier molecular flexibility index (Phi) is 4.78. The molecule has 0 aromatic rings. The van der Waals surface area contributed by atoms with Gasteiger partial charge in [0.25, 0.3) is 0 Å². The van der Waals surface area contributed by atoms with Crippen molar-refractivity contribution in [3.63, 3.8) is 0 Å². The van der Waals surface area contributed by atoms with Gasteiger partial charge < -0.3 is 10.6 Å². The van der Waals surface area contributed by atoms with Gasteiger partial charge in [-0.05, 0) is 37.6 Å². The summed E-state index contributed by atoms with van der Waals surface area (Å²) in [4.78, 5) is 11.5. The number of carbonyl (C=O) groups excluding carboxylic acids is 1. The maximum atomic E-state index is 11.5. The second-order valence-corrected chi connectivity index (χ2v) is 5.78. The van der Waals surface area contributed by atoms with Gasteiger partial charge in [-0.2, -0.15) is 0 Å². The third kappa shape index (κ3) is 4.52. The highest BCUT2D eigenvalue weighted by atomic mass is 16.1. The van der Waals surface area contributed by atoms with Gasteiger partial charge in [-0.3, -0.25) is 4.79 Å². The van der Waals surface area contributed by atoms with Crippen LogP contribution in [0.3, 0.4) is 0 Å². The Morgan fingerprint density at radius 2 is 2.12 bits per heavy atom. The van der Waals surface area contributed by atoms with E-state index >= 15 is 0 Å². The zero-order chi connectivity index (χ0) is 12.2. The molecule has 0 bridgehead atoms. The summed E-state index contributed by atoms with van der Waals surface area (Å²) in [5.41, 5.74) is 0.499. The van der Waals surface area contributed by atoms with Crippen LogP contribution in [-0.2, 0) is 4.79 Å². The van der Waals surface area contributed by atoms with Gasteiger partial charge >= 0.3 is 0 Å². The topological polar surface area (TPSA) is 41.1 Å². The van der Waals surface area contributed by atoms with Crippen molar-refractivity contribution in [3.05, 3.63) is 0 Å². The zero-order valence-electron chi connectivity index (χ0n) is 11.1. The molecule has 0 heterocycles. The van der Waals surface area contributed by atoms with Crippen molar-refractivity contribution in [2.45, 2.75) is 53.0 Å². The summed E-state index contributed by atoms with van der Waals surface area (Å²) in [6.07, 6.45) is 3.46. The van der Waals surface area contributed by atoms with E-state index in [2.05, 4.69) is 38.3 Å². The molecule has 3 heteroatoms. The summed E-state index contributed by atoms with van der Waals surface area (Å²) in [7, 11) is 0. The van der Waals surface area contributed by atoms with E-state index in [9.17, 15) is 4.79 Å². The van der Waals surface area contributed by atoms with E-state index in [0.29, 0.717) is 18.0 Å². The van der Waals surface area contributed by atoms with Crippen molar-refractivity contribution in [2.24, 2.45) is 11.3 Å². The van der Waals surface area contributed by atoms with Gasteiger partial charge in [-0.15, -0.1) is 0 Å². The summed E-state index contributed by atoms with van der Waals surface area (Å²) >= 11 is 0. The predicted octanol–water partition coefficient (Wildman–Crippen LogP) is 1.93. The van der Waals surface area contributed by atoms with Crippen molar-refractivity contribution in [1.82, 2.24) is 10.6 Å². The van der Waals surface area contributed by atoms with Gasteiger partial charge in [0.05, 0.1) is 6.54 Å². The van der Waals surface area contributed by atoms with Crippen LogP contribution < -0.4 is 10.6 Å². The normalized spacial score (nSPS) is 23.9. The summed E-state index contributed by atoms with van der Waals surface area (Å²) in [6.45, 7) is 10.2. The molecule has 1 aliphatic carbocycles. The van der Waals surface area contributed by atoms with Crippen molar-refractivity contribution >= 4 is 5.91 Å². The van der Waals surface area contributed by atoms with Gasteiger partial charge in [0.15, 0.2) is 0 Å². The Hall–Kier alpha value is -0.570. The van der Waals surface area contributed by atoms with Gasteiger partial charge in [-0.25, -0.2) is 0 Å². The minimum absolute atomic E-state index is 0.124. The smallest absolute Gasteiger partial charge is 0.234 e. The highest BCUT2D eigenvalue weighted by molar-refractivity contribution is 5.78. The van der Waals surface area contributed by atoms with Crippen molar-refractivity contribution < 1.29 is 4.79 Å². The lowest BCUT2D eigenvalue weighted by molar-refractivity contribution is -0.120. The molecule has 1 aliphatic rings. The molecule has 0 aromatic heterocycles. The quantitative estimate of drug-likeness (QED) is 0.696. The Balaban J connectivity index is 2.02. The Morgan fingerprint density at radius 1 is 1.50 bits per heavy atom. The van der Waals surface area contributed by atoms with E-state index in [4.69, 9.17) is 0 Å². The fraction of sp³-hybridized carbons (Fsp3) is 0.923. The lowest BCUT2D eigenvalue weighted by Crippen LogP contribution is -2.39. The molecule has 16 heavy (non-hydrogen) atoms. The van der Waals surface area contributed by atoms with Crippen LogP contribution in [0.5, 0.6) is 0 Å². The molecule has 0 saturated heterocycles. The van der Waals surface area contributed by atoms with Gasteiger partial charge in [0.2, 0.25) is 5.91 Å². The molecule has 1 rings (SSSR count). The number of amides is 1. The maximum absolute atomic E-state index is 11.5. The van der Waals surface area contributed by atoms with Crippen molar-refractivity contribution in [2.75, 3.05) is 13.1 Å². The SMILES string of the molecule is CCCC(C)NC(=O)CNCC1CC1(C)C. The van der Waals surface area contributed by atoms with Crippen LogP contribution in [0.15, 0.2) is 0 Å². The maximum Gasteiger partial charge on any atom is 0.234 e. The predicted molar refractivity (Wildman–Crippen MR) is 67.3 cm³/mol. The Labute approximate surface area is 99.4 Å². The molecule has 94 valence electrons. The van der Waals surface area contributed by atoms with Gasteiger partial charge in [0.1, 0.15) is 0 Å². The minimum Gasteiger partial charge on any atom is -0.353 e. The van der Waals surface area contributed by atoms with E-state index in [1.807, 2.05) is 0 Å². The van der Waals surface area contributed by atoms with Crippen LogP contribution in [-0.4, -0.2) is 25.0 Å². The fourth-order valence-electron chi connectivity index (χ4n) is 2.12. The molecule has 2 atom stereocenters. The highest BCUT2D eigenvalue weighted by Crippen LogP contribution is 2.50. The first-order valence-electron chi connectivity index (χ1n) is 6.45. The van der Waals surface area contributed by atoms with Crippen LogP contribution in [0, 0.1) is 11.3 Å². The van der Waals surface area contributed by atoms with Crippen LogP contribution in [0.2, 0.25) is 0 Å². The molecule has 0 radical (unpaired) electrons. The van der Waals surface area contributed by atoms with Crippen LogP contribution in [0.25, 0.3) is 0 Å². The molecule has 0 aromatic carbocycles. The number of rotatable bonds is 7. The Bertz CT molecular complexity index is 238. The average Bonchev–Trinajstić information content (AvgIpc) is 2.74. The van der Waals surface area contributed by atoms with E-state index in [0.717, 1.165) is 25.3 Å². The molecule has 3 nitrogen and oxygen atoms in total. The molecule has 1 saturated carbocycles. The van der Waals surface area contributed by atoms with Gasteiger partial charge in [0, 0.05) is 6.04 Å². The third-order valence-corrected chi connectivity index (χ3v) is 3.52. The first-order valence-corrected chi connectivity index (χ1v) is 6.45. The van der Waals surface area contributed by atoms with E-state index in [-0.39, 0.29) is 5.91 Å². The van der Waals surface area contributed by atoms with Crippen LogP contribution in [0.1, 0.15) is 47.0 Å². The van der Waals surface area contributed by atoms with Crippen molar-refractivity contribution in [3.8, 4) is 0 Å². The highest BCUT2D eigenvalue weighted by Gasteiger charge is 2.44. The minimum atomic E-state index is 0.124. The third-order valence-electron chi connectivity index (χ3n) is 3.52. The monoisotopic (exact) mass is 226 g/mol. The van der Waals surface area contributed by atoms with Crippen LogP contribution >= 0.6 is 0 Å². The Morgan fingerprint density at radius 3 is 2.62 bits per heavy atom. The molecular formula is C13H26N2O. The first kappa shape index (κ1) is 13.5. The summed E-state index contributed by atoms with van der Waals surface area (Å²) < 4.78 is 0. The number of hydrogen-bond acceptors (Lipinski definition) is 2. The number of hydrogen-bond donors (Lipinski definition) is 2.